The Balaban J connectivity index is 2.50. The van der Waals surface area contributed by atoms with Crippen molar-refractivity contribution in [2.45, 2.75) is 26.4 Å². The summed E-state index contributed by atoms with van der Waals surface area (Å²) in [5, 5.41) is 6.49. The highest BCUT2D eigenvalue weighted by Gasteiger charge is 2.16. The van der Waals surface area contributed by atoms with E-state index in [1.165, 1.54) is 0 Å². The lowest BCUT2D eigenvalue weighted by atomic mass is 10.2. The largest absolute Gasteiger partial charge is 0.444 e. The van der Waals surface area contributed by atoms with Crippen LogP contribution in [0.15, 0.2) is 12.4 Å². The van der Waals surface area contributed by atoms with Gasteiger partial charge in [0.2, 0.25) is 0 Å². The summed E-state index contributed by atoms with van der Waals surface area (Å²) in [5.74, 6) is 0. The van der Waals surface area contributed by atoms with Gasteiger partial charge < -0.3 is 4.74 Å². The first-order valence-corrected chi connectivity index (χ1v) is 4.35. The Labute approximate surface area is 83.1 Å². The van der Waals surface area contributed by atoms with Gasteiger partial charge in [-0.25, -0.2) is 4.79 Å². The van der Waals surface area contributed by atoms with Crippen molar-refractivity contribution in [1.82, 2.24) is 9.78 Å². The third-order valence-electron chi connectivity index (χ3n) is 1.35. The molecule has 0 atom stereocenters. The van der Waals surface area contributed by atoms with Gasteiger partial charge in [-0.1, -0.05) is 0 Å². The summed E-state index contributed by atoms with van der Waals surface area (Å²) in [7, 11) is 1.78. The molecule has 0 saturated heterocycles. The van der Waals surface area contributed by atoms with Gasteiger partial charge in [-0.05, 0) is 20.8 Å². The fourth-order valence-corrected chi connectivity index (χ4v) is 0.907. The van der Waals surface area contributed by atoms with Crippen LogP contribution in [0.2, 0.25) is 0 Å². The fourth-order valence-electron chi connectivity index (χ4n) is 0.907. The first-order valence-electron chi connectivity index (χ1n) is 4.35. The number of ether oxygens (including phenoxy) is 1. The van der Waals surface area contributed by atoms with Crippen LogP contribution in [0.4, 0.5) is 10.5 Å². The zero-order valence-electron chi connectivity index (χ0n) is 8.87. The molecule has 0 spiro atoms. The second kappa shape index (κ2) is 3.69. The summed E-state index contributed by atoms with van der Waals surface area (Å²) in [6.07, 6.45) is 2.79. The Morgan fingerprint density at radius 1 is 1.57 bits per heavy atom. The molecule has 1 N–H and O–H groups in total. The number of aromatic nitrogens is 2. The van der Waals surface area contributed by atoms with E-state index in [9.17, 15) is 4.79 Å². The number of nitrogens with zero attached hydrogens (tertiary/aromatic N) is 2. The van der Waals surface area contributed by atoms with E-state index in [2.05, 4.69) is 10.4 Å². The Kier molecular flexibility index (Phi) is 2.78. The normalized spacial score (nSPS) is 11.1. The lowest BCUT2D eigenvalue weighted by Gasteiger charge is -2.19. The Bertz CT molecular complexity index is 325. The van der Waals surface area contributed by atoms with Gasteiger partial charge in [0.25, 0.3) is 0 Å². The minimum atomic E-state index is -0.480. The zero-order valence-corrected chi connectivity index (χ0v) is 8.87. The number of nitrogens with one attached hydrogen (secondary N) is 1. The molecule has 0 aliphatic rings. The van der Waals surface area contributed by atoms with Crippen LogP contribution in [0.25, 0.3) is 0 Å². The molecule has 5 nitrogen and oxygen atoms in total. The van der Waals surface area contributed by atoms with Crippen LogP contribution in [0.3, 0.4) is 0 Å². The molecule has 0 aliphatic heterocycles. The molecule has 1 heterocycles. The smallest absolute Gasteiger partial charge is 0.412 e. The minimum absolute atomic E-state index is 0.467. The van der Waals surface area contributed by atoms with Crippen LogP contribution in [0.1, 0.15) is 20.8 Å². The quantitative estimate of drug-likeness (QED) is 0.746. The molecule has 0 unspecified atom stereocenters. The highest BCUT2D eigenvalue weighted by Crippen LogP contribution is 2.10. The molecule has 78 valence electrons. The summed E-state index contributed by atoms with van der Waals surface area (Å²) in [6.45, 7) is 5.45. The first kappa shape index (κ1) is 10.6. The Hall–Kier alpha value is -1.52. The maximum absolute atomic E-state index is 11.3. The van der Waals surface area contributed by atoms with Crippen molar-refractivity contribution >= 4 is 11.8 Å². The monoisotopic (exact) mass is 197 g/mol. The van der Waals surface area contributed by atoms with E-state index in [-0.39, 0.29) is 0 Å². The highest BCUT2D eigenvalue weighted by molar-refractivity contribution is 5.84. The van der Waals surface area contributed by atoms with Gasteiger partial charge in [-0.15, -0.1) is 0 Å². The average molecular weight is 197 g/mol. The number of hydrogen-bond acceptors (Lipinski definition) is 3. The molecule has 14 heavy (non-hydrogen) atoms. The van der Waals surface area contributed by atoms with Crippen LogP contribution in [-0.2, 0) is 11.8 Å². The lowest BCUT2D eigenvalue weighted by molar-refractivity contribution is 0.0636. The summed E-state index contributed by atoms with van der Waals surface area (Å²) in [6, 6.07) is 0. The summed E-state index contributed by atoms with van der Waals surface area (Å²) in [5.41, 5.74) is 0.147. The van der Waals surface area contributed by atoms with Crippen LogP contribution >= 0.6 is 0 Å². The third-order valence-corrected chi connectivity index (χ3v) is 1.35. The number of carbonyl (C=O) groups excluding carboxylic acids is 1. The molecule has 0 saturated carbocycles. The van der Waals surface area contributed by atoms with E-state index in [0.717, 1.165) is 0 Å². The maximum Gasteiger partial charge on any atom is 0.412 e. The highest BCUT2D eigenvalue weighted by atomic mass is 16.6. The molecule has 0 fully saturated rings. The number of amides is 1. The number of rotatable bonds is 1. The van der Waals surface area contributed by atoms with E-state index in [4.69, 9.17) is 4.74 Å². The fraction of sp³-hybridized carbons (Fsp3) is 0.556. The zero-order chi connectivity index (χ0) is 10.8. The standard InChI is InChI=1S/C9H15N3O2/c1-9(2,3)14-8(13)11-7-5-10-12(4)6-7/h5-6H,1-4H3,(H,11,13). The van der Waals surface area contributed by atoms with Gasteiger partial charge in [0, 0.05) is 13.2 Å². The predicted molar refractivity (Wildman–Crippen MR) is 53.1 cm³/mol. The van der Waals surface area contributed by atoms with Crippen LogP contribution in [-0.4, -0.2) is 21.5 Å². The average Bonchev–Trinajstić information content (AvgIpc) is 2.30. The van der Waals surface area contributed by atoms with Crippen molar-refractivity contribution in [1.29, 1.82) is 0 Å². The first-order chi connectivity index (χ1) is 6.37. The van der Waals surface area contributed by atoms with Crippen molar-refractivity contribution < 1.29 is 9.53 Å². The van der Waals surface area contributed by atoms with Crippen LogP contribution < -0.4 is 5.32 Å². The molecule has 1 aromatic heterocycles. The molecular formula is C9H15N3O2. The van der Waals surface area contributed by atoms with Gasteiger partial charge in [0.05, 0.1) is 11.9 Å². The van der Waals surface area contributed by atoms with Crippen molar-refractivity contribution in [3.63, 3.8) is 0 Å². The van der Waals surface area contributed by atoms with E-state index in [1.807, 2.05) is 20.8 Å². The summed E-state index contributed by atoms with van der Waals surface area (Å²) < 4.78 is 6.67. The van der Waals surface area contributed by atoms with E-state index in [0.29, 0.717) is 5.69 Å². The van der Waals surface area contributed by atoms with Crippen LogP contribution in [0, 0.1) is 0 Å². The number of anilines is 1. The van der Waals surface area contributed by atoms with Crippen molar-refractivity contribution in [3.8, 4) is 0 Å². The molecule has 0 bridgehead atoms. The van der Waals surface area contributed by atoms with E-state index >= 15 is 0 Å². The molecule has 5 heteroatoms. The Morgan fingerprint density at radius 2 is 2.21 bits per heavy atom. The molecule has 0 radical (unpaired) electrons. The van der Waals surface area contributed by atoms with E-state index < -0.39 is 11.7 Å². The molecular weight excluding hydrogens is 182 g/mol. The molecule has 0 aliphatic carbocycles. The van der Waals surface area contributed by atoms with Crippen molar-refractivity contribution in [2.75, 3.05) is 5.32 Å². The molecule has 0 aromatic carbocycles. The predicted octanol–water partition coefficient (Wildman–Crippen LogP) is 1.77. The van der Waals surface area contributed by atoms with Crippen molar-refractivity contribution in [2.24, 2.45) is 7.05 Å². The SMILES string of the molecule is Cn1cc(NC(=O)OC(C)(C)C)cn1. The second-order valence-electron chi connectivity index (χ2n) is 4.03. The van der Waals surface area contributed by atoms with Gasteiger partial charge in [-0.2, -0.15) is 5.10 Å². The van der Waals surface area contributed by atoms with Gasteiger partial charge in [-0.3, -0.25) is 10.00 Å². The van der Waals surface area contributed by atoms with Gasteiger partial charge in [0.15, 0.2) is 0 Å². The number of aryl methyl sites for hydroxylation is 1. The summed E-state index contributed by atoms with van der Waals surface area (Å²) >= 11 is 0. The van der Waals surface area contributed by atoms with Gasteiger partial charge in [0.1, 0.15) is 5.60 Å². The second-order valence-corrected chi connectivity index (χ2v) is 4.03. The number of hydrogen-bond donors (Lipinski definition) is 1. The molecule has 1 rings (SSSR count). The van der Waals surface area contributed by atoms with Gasteiger partial charge >= 0.3 is 6.09 Å². The lowest BCUT2D eigenvalue weighted by Crippen LogP contribution is -2.27. The van der Waals surface area contributed by atoms with E-state index in [1.54, 1.807) is 24.1 Å². The maximum atomic E-state index is 11.3. The Morgan fingerprint density at radius 3 is 2.64 bits per heavy atom. The minimum Gasteiger partial charge on any atom is -0.444 e. The third kappa shape index (κ3) is 3.47. The molecule has 1 amide bonds. The molecule has 1 aromatic rings. The summed E-state index contributed by atoms with van der Waals surface area (Å²) in [4.78, 5) is 11.3. The number of carbonyl (C=O) groups is 1. The van der Waals surface area contributed by atoms with Crippen molar-refractivity contribution in [3.05, 3.63) is 12.4 Å². The topological polar surface area (TPSA) is 56.2 Å². The van der Waals surface area contributed by atoms with Crippen LogP contribution in [0.5, 0.6) is 0 Å².